The summed E-state index contributed by atoms with van der Waals surface area (Å²) in [6, 6.07) is 0. The minimum absolute atomic E-state index is 0.0912. The molecule has 1 saturated heterocycles. The van der Waals surface area contributed by atoms with Gasteiger partial charge in [-0.1, -0.05) is 0 Å². The molecule has 82 valence electrons. The minimum Gasteiger partial charge on any atom is -0.335 e. The van der Waals surface area contributed by atoms with Crippen LogP contribution in [0.2, 0.25) is 0 Å². The third-order valence-electron chi connectivity index (χ3n) is 2.21. The van der Waals surface area contributed by atoms with E-state index in [1.54, 1.807) is 0 Å². The van der Waals surface area contributed by atoms with Crippen LogP contribution in [-0.4, -0.2) is 50.0 Å². The fourth-order valence-electron chi connectivity index (χ4n) is 1.44. The lowest BCUT2D eigenvalue weighted by Gasteiger charge is -2.15. The maximum Gasteiger partial charge on any atom is 0.267 e. The Morgan fingerprint density at radius 1 is 1.53 bits per heavy atom. The second kappa shape index (κ2) is 3.52. The summed E-state index contributed by atoms with van der Waals surface area (Å²) in [6.07, 6.45) is 1.00. The summed E-state index contributed by atoms with van der Waals surface area (Å²) in [5.41, 5.74) is 0. The number of nitrogens with zero attached hydrogens (tertiary/aromatic N) is 5. The molecule has 0 aliphatic carbocycles. The molecule has 0 saturated carbocycles. The van der Waals surface area contributed by atoms with Gasteiger partial charge in [0.25, 0.3) is 5.92 Å². The molecule has 15 heavy (non-hydrogen) atoms. The Bertz CT molecular complexity index is 352. The van der Waals surface area contributed by atoms with Crippen molar-refractivity contribution in [2.75, 3.05) is 13.1 Å². The number of carbonyl (C=O) groups excluding carboxylic acids is 1. The molecule has 0 spiro atoms. The molecular formula is C7H9F2N5O. The van der Waals surface area contributed by atoms with Crippen molar-refractivity contribution in [1.82, 2.24) is 25.1 Å². The van der Waals surface area contributed by atoms with Crippen molar-refractivity contribution in [2.45, 2.75) is 18.9 Å². The summed E-state index contributed by atoms with van der Waals surface area (Å²) in [4.78, 5) is 12.6. The predicted molar refractivity (Wildman–Crippen MR) is 44.0 cm³/mol. The first-order chi connectivity index (χ1) is 7.07. The van der Waals surface area contributed by atoms with Crippen LogP contribution in [0.25, 0.3) is 0 Å². The second-order valence-corrected chi connectivity index (χ2v) is 3.43. The van der Waals surface area contributed by atoms with E-state index in [1.165, 1.54) is 11.0 Å². The number of hydrogen-bond acceptors (Lipinski definition) is 4. The first kappa shape index (κ1) is 9.94. The smallest absolute Gasteiger partial charge is 0.267 e. The number of hydrogen-bond donors (Lipinski definition) is 0. The van der Waals surface area contributed by atoms with Crippen LogP contribution in [0.4, 0.5) is 8.78 Å². The van der Waals surface area contributed by atoms with E-state index in [2.05, 4.69) is 15.5 Å². The maximum absolute atomic E-state index is 12.8. The van der Waals surface area contributed by atoms with E-state index in [9.17, 15) is 13.6 Å². The lowest BCUT2D eigenvalue weighted by molar-refractivity contribution is -0.132. The second-order valence-electron chi connectivity index (χ2n) is 3.43. The molecule has 8 heteroatoms. The summed E-state index contributed by atoms with van der Waals surface area (Å²) >= 11 is 0. The van der Waals surface area contributed by atoms with Crippen LogP contribution in [0.5, 0.6) is 0 Å². The molecule has 2 rings (SSSR count). The number of rotatable bonds is 2. The Morgan fingerprint density at radius 3 is 2.87 bits per heavy atom. The molecule has 2 heterocycles. The normalized spacial score (nSPS) is 19.5. The number of aromatic nitrogens is 4. The topological polar surface area (TPSA) is 63.9 Å². The third-order valence-corrected chi connectivity index (χ3v) is 2.21. The molecule has 0 atom stereocenters. The molecule has 1 amide bonds. The summed E-state index contributed by atoms with van der Waals surface area (Å²) in [5.74, 6) is -3.14. The van der Waals surface area contributed by atoms with Crippen molar-refractivity contribution in [3.63, 3.8) is 0 Å². The molecular weight excluding hydrogens is 208 g/mol. The zero-order chi connectivity index (χ0) is 10.9. The molecule has 0 unspecified atom stereocenters. The molecule has 6 nitrogen and oxygen atoms in total. The van der Waals surface area contributed by atoms with Crippen molar-refractivity contribution >= 4 is 5.91 Å². The molecule has 1 aliphatic heterocycles. The maximum atomic E-state index is 12.8. The zero-order valence-corrected chi connectivity index (χ0v) is 7.81. The van der Waals surface area contributed by atoms with Gasteiger partial charge in [-0.15, -0.1) is 5.10 Å². The van der Waals surface area contributed by atoms with Crippen molar-refractivity contribution < 1.29 is 13.6 Å². The van der Waals surface area contributed by atoms with Crippen molar-refractivity contribution in [3.05, 3.63) is 6.33 Å². The number of halogens is 2. The van der Waals surface area contributed by atoms with Crippen LogP contribution in [0.3, 0.4) is 0 Å². The number of likely N-dealkylation sites (tertiary alicyclic amines) is 1. The Labute approximate surface area is 83.9 Å². The highest BCUT2D eigenvalue weighted by molar-refractivity contribution is 5.76. The van der Waals surface area contributed by atoms with E-state index < -0.39 is 12.5 Å². The molecule has 1 aromatic heterocycles. The minimum atomic E-state index is -2.75. The van der Waals surface area contributed by atoms with Crippen LogP contribution < -0.4 is 0 Å². The Morgan fingerprint density at radius 2 is 2.33 bits per heavy atom. The molecule has 1 aromatic rings. The highest BCUT2D eigenvalue weighted by Crippen LogP contribution is 2.26. The first-order valence-corrected chi connectivity index (χ1v) is 4.43. The van der Waals surface area contributed by atoms with Gasteiger partial charge in [0.2, 0.25) is 5.91 Å². The summed E-state index contributed by atoms with van der Waals surface area (Å²) in [7, 11) is 0. The molecule has 1 fully saturated rings. The van der Waals surface area contributed by atoms with Crippen LogP contribution in [0.15, 0.2) is 6.33 Å². The van der Waals surface area contributed by atoms with Crippen molar-refractivity contribution in [2.24, 2.45) is 0 Å². The largest absolute Gasteiger partial charge is 0.335 e. The number of amides is 1. The van der Waals surface area contributed by atoms with E-state index in [1.807, 2.05) is 0 Å². The van der Waals surface area contributed by atoms with Gasteiger partial charge in [0.15, 0.2) is 0 Å². The lowest BCUT2D eigenvalue weighted by Crippen LogP contribution is -2.34. The van der Waals surface area contributed by atoms with Crippen LogP contribution in [0, 0.1) is 0 Å². The van der Waals surface area contributed by atoms with Gasteiger partial charge >= 0.3 is 0 Å². The van der Waals surface area contributed by atoms with Crippen LogP contribution in [-0.2, 0) is 11.3 Å². The fourth-order valence-corrected chi connectivity index (χ4v) is 1.44. The summed E-state index contributed by atoms with van der Waals surface area (Å²) in [5, 5.41) is 10.2. The summed E-state index contributed by atoms with van der Waals surface area (Å²) < 4.78 is 26.8. The van der Waals surface area contributed by atoms with Gasteiger partial charge in [0.05, 0.1) is 6.54 Å². The Balaban J connectivity index is 1.93. The average Bonchev–Trinajstić information content (AvgIpc) is 2.74. The van der Waals surface area contributed by atoms with Crippen molar-refractivity contribution in [1.29, 1.82) is 0 Å². The van der Waals surface area contributed by atoms with Gasteiger partial charge in [-0.2, -0.15) is 0 Å². The van der Waals surface area contributed by atoms with Gasteiger partial charge < -0.3 is 4.90 Å². The highest BCUT2D eigenvalue weighted by Gasteiger charge is 2.40. The Hall–Kier alpha value is -1.60. The van der Waals surface area contributed by atoms with Gasteiger partial charge in [0, 0.05) is 13.0 Å². The quantitative estimate of drug-likeness (QED) is 0.672. The average molecular weight is 217 g/mol. The SMILES string of the molecule is O=C(Cn1cnnn1)N1CCC(F)(F)C1. The van der Waals surface area contributed by atoms with Gasteiger partial charge in [0.1, 0.15) is 12.9 Å². The highest BCUT2D eigenvalue weighted by atomic mass is 19.3. The summed E-state index contributed by atoms with van der Waals surface area (Å²) in [6.45, 7) is -0.509. The molecule has 0 N–H and O–H groups in total. The standard InChI is InChI=1S/C7H9F2N5O/c8-7(9)1-2-13(4-7)6(15)3-14-5-10-11-12-14/h5H,1-4H2. The van der Waals surface area contributed by atoms with Crippen LogP contribution in [0.1, 0.15) is 6.42 Å². The Kier molecular flexibility index (Phi) is 2.33. The van der Waals surface area contributed by atoms with Crippen LogP contribution >= 0.6 is 0 Å². The monoisotopic (exact) mass is 217 g/mol. The van der Waals surface area contributed by atoms with E-state index >= 15 is 0 Å². The number of tetrazole rings is 1. The van der Waals surface area contributed by atoms with Gasteiger partial charge in [-0.05, 0) is 10.4 Å². The van der Waals surface area contributed by atoms with Gasteiger partial charge in [-0.3, -0.25) is 4.79 Å². The van der Waals surface area contributed by atoms with E-state index in [0.29, 0.717) is 0 Å². The van der Waals surface area contributed by atoms with E-state index in [0.717, 1.165) is 4.90 Å². The first-order valence-electron chi connectivity index (χ1n) is 4.43. The van der Waals surface area contributed by atoms with E-state index in [4.69, 9.17) is 0 Å². The third kappa shape index (κ3) is 2.25. The molecule has 0 radical (unpaired) electrons. The zero-order valence-electron chi connectivity index (χ0n) is 7.81. The molecule has 0 aromatic carbocycles. The predicted octanol–water partition coefficient (Wildman–Crippen LogP) is -0.459. The fraction of sp³-hybridized carbons (Fsp3) is 0.714. The lowest BCUT2D eigenvalue weighted by atomic mass is 10.3. The molecule has 1 aliphatic rings. The number of alkyl halides is 2. The van der Waals surface area contributed by atoms with Gasteiger partial charge in [-0.25, -0.2) is 13.5 Å². The van der Waals surface area contributed by atoms with E-state index in [-0.39, 0.29) is 25.4 Å². The molecule has 0 bridgehead atoms. The number of carbonyl (C=O) groups is 1. The van der Waals surface area contributed by atoms with Crippen molar-refractivity contribution in [3.8, 4) is 0 Å².